The Morgan fingerprint density at radius 2 is 1.73 bits per heavy atom. The molecule has 0 radical (unpaired) electrons. The molecule has 0 saturated carbocycles. The van der Waals surface area contributed by atoms with Crippen molar-refractivity contribution in [3.8, 4) is 0 Å². The number of hydrogen-bond donors (Lipinski definition) is 2. The van der Waals surface area contributed by atoms with Gasteiger partial charge in [0.2, 0.25) is 11.8 Å². The second kappa shape index (κ2) is 10.8. The van der Waals surface area contributed by atoms with E-state index < -0.39 is 12.0 Å². The smallest absolute Gasteiger partial charge is 0.328 e. The Labute approximate surface area is 159 Å². The van der Waals surface area contributed by atoms with Gasteiger partial charge in [0.15, 0.2) is 0 Å². The number of benzene rings is 1. The summed E-state index contributed by atoms with van der Waals surface area (Å²) in [6.45, 7) is 3.81. The maximum absolute atomic E-state index is 12.2. The van der Waals surface area contributed by atoms with Gasteiger partial charge in [0.25, 0.3) is 0 Å². The Morgan fingerprint density at radius 1 is 1.15 bits per heavy atom. The molecule has 0 aliphatic rings. The molecule has 26 heavy (non-hydrogen) atoms. The van der Waals surface area contributed by atoms with Crippen molar-refractivity contribution in [1.29, 1.82) is 0 Å². The van der Waals surface area contributed by atoms with Crippen molar-refractivity contribution in [2.75, 3.05) is 32.6 Å². The van der Waals surface area contributed by atoms with Crippen LogP contribution in [0, 0.1) is 5.92 Å². The molecule has 0 aliphatic carbocycles. The van der Waals surface area contributed by atoms with Crippen LogP contribution in [0.25, 0.3) is 0 Å². The fourth-order valence-corrected chi connectivity index (χ4v) is 2.42. The van der Waals surface area contributed by atoms with Crippen LogP contribution in [0.3, 0.4) is 0 Å². The summed E-state index contributed by atoms with van der Waals surface area (Å²) in [5.41, 5.74) is 0.625. The van der Waals surface area contributed by atoms with Crippen molar-refractivity contribution in [3.63, 3.8) is 0 Å². The number of esters is 1. The molecule has 0 spiro atoms. The molecule has 144 valence electrons. The summed E-state index contributed by atoms with van der Waals surface area (Å²) in [5.74, 6) is -1.13. The molecule has 0 fully saturated rings. The lowest BCUT2D eigenvalue weighted by molar-refractivity contribution is -0.146. The van der Waals surface area contributed by atoms with Crippen LogP contribution in [0.1, 0.15) is 20.3 Å². The van der Waals surface area contributed by atoms with Crippen LogP contribution >= 0.6 is 11.6 Å². The summed E-state index contributed by atoms with van der Waals surface area (Å²) in [4.78, 5) is 37.6. The predicted octanol–water partition coefficient (Wildman–Crippen LogP) is 1.91. The average molecular weight is 384 g/mol. The largest absolute Gasteiger partial charge is 0.467 e. The van der Waals surface area contributed by atoms with Crippen molar-refractivity contribution in [3.05, 3.63) is 29.3 Å². The lowest BCUT2D eigenvalue weighted by atomic mass is 9.99. The number of amides is 2. The van der Waals surface area contributed by atoms with Gasteiger partial charge in [0.1, 0.15) is 6.04 Å². The van der Waals surface area contributed by atoms with Gasteiger partial charge in [-0.2, -0.15) is 0 Å². The van der Waals surface area contributed by atoms with Crippen LogP contribution in [0.4, 0.5) is 5.69 Å². The lowest BCUT2D eigenvalue weighted by Gasteiger charge is -2.23. The number of likely N-dealkylation sites (N-methyl/N-ethyl adjacent to an activating group) is 1. The molecule has 0 saturated heterocycles. The Kier molecular flexibility index (Phi) is 9.09. The molecular weight excluding hydrogens is 358 g/mol. The zero-order valence-electron chi connectivity index (χ0n) is 15.5. The first-order valence-corrected chi connectivity index (χ1v) is 8.75. The number of nitrogens with zero attached hydrogens (tertiary/aromatic N) is 1. The fraction of sp³-hybridized carbons (Fsp3) is 0.500. The monoisotopic (exact) mass is 383 g/mol. The zero-order chi connectivity index (χ0) is 19.7. The molecule has 0 unspecified atom stereocenters. The van der Waals surface area contributed by atoms with E-state index in [9.17, 15) is 14.4 Å². The van der Waals surface area contributed by atoms with Crippen molar-refractivity contribution in [2.24, 2.45) is 5.92 Å². The lowest BCUT2D eigenvalue weighted by Crippen LogP contribution is -2.49. The molecule has 7 nitrogen and oxygen atoms in total. The highest BCUT2D eigenvalue weighted by molar-refractivity contribution is 6.30. The molecular formula is C18H26ClN3O4. The van der Waals surface area contributed by atoms with Gasteiger partial charge >= 0.3 is 5.97 Å². The molecule has 0 bridgehead atoms. The highest BCUT2D eigenvalue weighted by Gasteiger charge is 2.27. The number of nitrogens with one attached hydrogen (secondary N) is 2. The van der Waals surface area contributed by atoms with Crippen LogP contribution in [0.15, 0.2) is 24.3 Å². The van der Waals surface area contributed by atoms with E-state index in [1.54, 1.807) is 36.2 Å². The third-order valence-corrected chi connectivity index (χ3v) is 4.19. The van der Waals surface area contributed by atoms with Crippen LogP contribution in [0.5, 0.6) is 0 Å². The second-order valence-electron chi connectivity index (χ2n) is 6.18. The third kappa shape index (κ3) is 7.41. The molecule has 0 aromatic heterocycles. The number of rotatable bonds is 9. The zero-order valence-corrected chi connectivity index (χ0v) is 16.3. The summed E-state index contributed by atoms with van der Waals surface area (Å²) >= 11 is 5.80. The van der Waals surface area contributed by atoms with E-state index in [0.29, 0.717) is 10.7 Å². The molecule has 2 amide bonds. The fourth-order valence-electron chi connectivity index (χ4n) is 2.30. The first kappa shape index (κ1) is 21.9. The first-order valence-electron chi connectivity index (χ1n) is 8.38. The van der Waals surface area contributed by atoms with Crippen molar-refractivity contribution in [2.45, 2.75) is 26.3 Å². The number of carbonyl (C=O) groups excluding carboxylic acids is 3. The highest BCUT2D eigenvalue weighted by Crippen LogP contribution is 2.13. The Morgan fingerprint density at radius 3 is 2.27 bits per heavy atom. The average Bonchev–Trinajstić information content (AvgIpc) is 2.60. The number of ether oxygens (including phenoxy) is 1. The molecule has 0 aliphatic heterocycles. The summed E-state index contributed by atoms with van der Waals surface area (Å²) < 4.78 is 4.74. The van der Waals surface area contributed by atoms with Gasteiger partial charge in [-0.1, -0.05) is 31.9 Å². The summed E-state index contributed by atoms with van der Waals surface area (Å²) in [7, 11) is 2.94. The van der Waals surface area contributed by atoms with Gasteiger partial charge in [-0.15, -0.1) is 0 Å². The summed E-state index contributed by atoms with van der Waals surface area (Å²) in [6, 6.07) is 6.04. The second-order valence-corrected chi connectivity index (χ2v) is 6.62. The van der Waals surface area contributed by atoms with Gasteiger partial charge in [-0.25, -0.2) is 4.79 Å². The van der Waals surface area contributed by atoms with E-state index in [2.05, 4.69) is 10.6 Å². The normalized spacial score (nSPS) is 13.0. The van der Waals surface area contributed by atoms with Gasteiger partial charge in [0, 0.05) is 10.7 Å². The van der Waals surface area contributed by atoms with Gasteiger partial charge in [0.05, 0.1) is 20.2 Å². The maximum atomic E-state index is 12.2. The van der Waals surface area contributed by atoms with Crippen LogP contribution in [-0.4, -0.2) is 56.0 Å². The Hall–Kier alpha value is -2.12. The Balaban J connectivity index is 2.50. The first-order chi connectivity index (χ1) is 12.3. The number of hydrogen-bond acceptors (Lipinski definition) is 5. The van der Waals surface area contributed by atoms with E-state index in [4.69, 9.17) is 16.3 Å². The number of carbonyl (C=O) groups is 3. The number of methoxy groups -OCH3 is 1. The molecule has 1 aromatic carbocycles. The van der Waals surface area contributed by atoms with Crippen molar-refractivity contribution >= 4 is 35.1 Å². The van der Waals surface area contributed by atoms with Crippen LogP contribution < -0.4 is 10.6 Å². The SMILES string of the molecule is CC[C@H](C)[C@H](NC(=O)CN(C)CC(=O)Nc1ccc(Cl)cc1)C(=O)OC. The molecule has 2 N–H and O–H groups in total. The van der Waals surface area contributed by atoms with E-state index in [1.807, 2.05) is 13.8 Å². The third-order valence-electron chi connectivity index (χ3n) is 3.94. The quantitative estimate of drug-likeness (QED) is 0.636. The highest BCUT2D eigenvalue weighted by atomic mass is 35.5. The molecule has 1 aromatic rings. The summed E-state index contributed by atoms with van der Waals surface area (Å²) in [6.07, 6.45) is 0.722. The van der Waals surface area contributed by atoms with Gasteiger partial charge < -0.3 is 15.4 Å². The van der Waals surface area contributed by atoms with E-state index in [0.717, 1.165) is 6.42 Å². The minimum Gasteiger partial charge on any atom is -0.467 e. The van der Waals surface area contributed by atoms with E-state index >= 15 is 0 Å². The molecule has 8 heteroatoms. The van der Waals surface area contributed by atoms with E-state index in [-0.39, 0.29) is 30.8 Å². The summed E-state index contributed by atoms with van der Waals surface area (Å²) in [5, 5.41) is 5.98. The van der Waals surface area contributed by atoms with Gasteiger partial charge in [-0.3, -0.25) is 14.5 Å². The van der Waals surface area contributed by atoms with Gasteiger partial charge in [-0.05, 0) is 37.2 Å². The molecule has 2 atom stereocenters. The van der Waals surface area contributed by atoms with Crippen LogP contribution in [-0.2, 0) is 19.1 Å². The predicted molar refractivity (Wildman–Crippen MR) is 101 cm³/mol. The topological polar surface area (TPSA) is 87.7 Å². The van der Waals surface area contributed by atoms with E-state index in [1.165, 1.54) is 7.11 Å². The minimum atomic E-state index is -0.700. The minimum absolute atomic E-state index is 0.0159. The Bertz CT molecular complexity index is 621. The number of halogens is 1. The number of anilines is 1. The van der Waals surface area contributed by atoms with Crippen molar-refractivity contribution in [1.82, 2.24) is 10.2 Å². The molecule has 1 rings (SSSR count). The van der Waals surface area contributed by atoms with Crippen molar-refractivity contribution < 1.29 is 19.1 Å². The van der Waals surface area contributed by atoms with Crippen LogP contribution in [0.2, 0.25) is 5.02 Å². The maximum Gasteiger partial charge on any atom is 0.328 e. The molecule has 0 heterocycles. The standard InChI is InChI=1S/C18H26ClN3O4/c1-5-12(2)17(18(25)26-4)21-16(24)11-22(3)10-15(23)20-14-8-6-13(19)7-9-14/h6-9,12,17H,5,10-11H2,1-4H3,(H,20,23)(H,21,24)/t12-,17-/m0/s1.